The molecular formula is C78H68B2Cl2N4O2. The summed E-state index contributed by atoms with van der Waals surface area (Å²) < 4.78 is 134. The molecule has 10 heteroatoms. The third kappa shape index (κ3) is 8.31. The SMILES string of the molecule is [2H]c1c([2H])c([2H])c2c3c(oc2c1[2H])N(c1ccc(C(C)(C)C)cc1)c1cc(Cl)cc2c1B3c1c(c([2H])c3c([2H])c4c(c([2H])c3c1[2H])N(c1ccc(C(C)(C)C)cc1)c1cc(Cl)cc3c1B4c1c(oc4c([2H])c([2H])c([2H])c([2H])c14)N3c1ccc(C(C)(C)C)cc1)N2c1ccc(C(C)(C)C)cc1. The van der Waals surface area contributed by atoms with E-state index in [1.165, 1.54) is 0 Å². The van der Waals surface area contributed by atoms with E-state index in [1.54, 1.807) is 12.1 Å². The summed E-state index contributed by atoms with van der Waals surface area (Å²) in [6, 6.07) is 34.6. The van der Waals surface area contributed by atoms with Crippen molar-refractivity contribution < 1.29 is 25.3 Å². The van der Waals surface area contributed by atoms with Crippen LogP contribution < -0.4 is 52.4 Å². The Hall–Kier alpha value is -8.55. The first-order valence-corrected chi connectivity index (χ1v) is 30.7. The van der Waals surface area contributed by atoms with Gasteiger partial charge >= 0.3 is 0 Å². The molecule has 0 N–H and O–H groups in total. The van der Waals surface area contributed by atoms with Gasteiger partial charge in [0.05, 0.1) is 16.4 Å². The maximum Gasteiger partial charge on any atom is 0.257 e. The lowest BCUT2D eigenvalue weighted by Gasteiger charge is -2.43. The molecule has 0 saturated carbocycles. The lowest BCUT2D eigenvalue weighted by atomic mass is 9.33. The second-order valence-corrected chi connectivity index (χ2v) is 28.8. The van der Waals surface area contributed by atoms with Crippen LogP contribution in [0, 0.1) is 0 Å². The lowest BCUT2D eigenvalue weighted by Crippen LogP contribution is -2.61. The molecule has 0 bridgehead atoms. The van der Waals surface area contributed by atoms with Crippen molar-refractivity contribution in [1.29, 1.82) is 0 Å². The van der Waals surface area contributed by atoms with E-state index in [0.29, 0.717) is 67.4 Å². The van der Waals surface area contributed by atoms with Crippen LogP contribution in [0.25, 0.3) is 32.7 Å². The summed E-state index contributed by atoms with van der Waals surface area (Å²) in [5.74, 6) is 0.279. The van der Waals surface area contributed by atoms with Gasteiger partial charge in [0, 0.05) is 88.6 Å². The number of hydrogen-bond acceptors (Lipinski definition) is 6. The number of fused-ring (bicyclic) bond motifs is 13. The van der Waals surface area contributed by atoms with Crippen LogP contribution in [0.15, 0.2) is 203 Å². The summed E-state index contributed by atoms with van der Waals surface area (Å²) >= 11 is 15.0. The van der Waals surface area contributed by atoms with Crippen LogP contribution in [-0.2, 0) is 21.7 Å². The highest BCUT2D eigenvalue weighted by Crippen LogP contribution is 2.51. The first-order valence-electron chi connectivity index (χ1n) is 36.0. The van der Waals surface area contributed by atoms with Gasteiger partial charge in [0.1, 0.15) is 11.2 Å². The predicted octanol–water partition coefficient (Wildman–Crippen LogP) is 19.0. The van der Waals surface area contributed by atoms with Gasteiger partial charge in [-0.05, 0) is 174 Å². The number of para-hydroxylation sites is 2. The fourth-order valence-corrected chi connectivity index (χ4v) is 14.1. The van der Waals surface area contributed by atoms with Crippen molar-refractivity contribution in [3.05, 3.63) is 226 Å². The molecule has 10 aromatic carbocycles. The van der Waals surface area contributed by atoms with Crippen molar-refractivity contribution in [2.75, 3.05) is 19.6 Å². The minimum absolute atomic E-state index is 0.0662. The summed E-state index contributed by atoms with van der Waals surface area (Å²) in [6.07, 6.45) is 0. The second kappa shape index (κ2) is 19.0. The second-order valence-electron chi connectivity index (χ2n) is 27.9. The van der Waals surface area contributed by atoms with Crippen LogP contribution in [0.4, 0.5) is 68.6 Å². The van der Waals surface area contributed by atoms with Gasteiger partial charge in [0.2, 0.25) is 11.8 Å². The highest BCUT2D eigenvalue weighted by atomic mass is 35.5. The molecule has 2 aromatic heterocycles. The first kappa shape index (κ1) is 43.2. The lowest BCUT2D eigenvalue weighted by molar-refractivity contribution is 0.590. The van der Waals surface area contributed by atoms with E-state index < -0.39 is 49.7 Å². The fraction of sp³-hybridized carbons (Fsp3) is 0.205. The van der Waals surface area contributed by atoms with E-state index in [2.05, 4.69) is 83.1 Å². The van der Waals surface area contributed by atoms with E-state index in [4.69, 9.17) is 34.8 Å². The summed E-state index contributed by atoms with van der Waals surface area (Å²) in [5, 5.41) is 0.582. The Bertz CT molecular complexity index is 5280. The number of hydrogen-bond donors (Lipinski definition) is 0. The highest BCUT2D eigenvalue weighted by molar-refractivity contribution is 7.02. The van der Waals surface area contributed by atoms with Gasteiger partial charge in [0.15, 0.2) is 0 Å². The Morgan fingerprint density at radius 2 is 0.636 bits per heavy atom. The molecule has 432 valence electrons. The molecule has 0 amide bonds. The molecule has 6 heterocycles. The average Bonchev–Trinajstić information content (AvgIpc) is 1.10. The summed E-state index contributed by atoms with van der Waals surface area (Å²) in [6.45, 7) is 23.1. The summed E-state index contributed by atoms with van der Waals surface area (Å²) in [5.41, 5.74) is 9.64. The van der Waals surface area contributed by atoms with Gasteiger partial charge < -0.3 is 18.6 Å². The predicted molar refractivity (Wildman–Crippen MR) is 376 cm³/mol. The molecule has 0 fully saturated rings. The van der Waals surface area contributed by atoms with Gasteiger partial charge in [-0.1, -0.05) is 203 Å². The molecule has 88 heavy (non-hydrogen) atoms. The van der Waals surface area contributed by atoms with Gasteiger partial charge in [0.25, 0.3) is 13.4 Å². The maximum absolute atomic E-state index is 11.3. The number of furan rings is 2. The van der Waals surface area contributed by atoms with E-state index in [0.717, 1.165) is 22.3 Å². The smallest absolute Gasteiger partial charge is 0.257 e. The largest absolute Gasteiger partial charge is 0.440 e. The van der Waals surface area contributed by atoms with Gasteiger partial charge in [-0.25, -0.2) is 0 Å². The third-order valence-electron chi connectivity index (χ3n) is 18.2. The van der Waals surface area contributed by atoms with Crippen LogP contribution in [0.1, 0.15) is 122 Å². The molecule has 0 saturated heterocycles. The van der Waals surface area contributed by atoms with Crippen LogP contribution in [0.5, 0.6) is 0 Å². The monoisotopic (exact) mass is 1200 g/mol. The molecule has 0 radical (unpaired) electrons. The van der Waals surface area contributed by atoms with Crippen molar-refractivity contribution in [3.63, 3.8) is 0 Å². The molecule has 12 aromatic rings. The van der Waals surface area contributed by atoms with E-state index in [-0.39, 0.29) is 135 Å². The molecule has 4 aliphatic rings. The topological polar surface area (TPSA) is 39.2 Å². The van der Waals surface area contributed by atoms with Crippen molar-refractivity contribution >= 4 is 171 Å². The number of anilines is 12. The van der Waals surface area contributed by atoms with Crippen LogP contribution in [0.2, 0.25) is 10.0 Å². The number of benzene rings is 10. The molecule has 0 atom stereocenters. The first-order chi connectivity index (χ1) is 47.0. The van der Waals surface area contributed by atoms with Crippen molar-refractivity contribution in [1.82, 2.24) is 0 Å². The van der Waals surface area contributed by atoms with Crippen molar-refractivity contribution in [3.8, 4) is 0 Å². The molecule has 0 aliphatic carbocycles. The van der Waals surface area contributed by atoms with Crippen LogP contribution in [0.3, 0.4) is 0 Å². The zero-order valence-corrected chi connectivity index (χ0v) is 52.6. The van der Waals surface area contributed by atoms with Gasteiger partial charge in [-0.15, -0.1) is 0 Å². The zero-order valence-electron chi connectivity index (χ0n) is 63.1. The molecular weight excluding hydrogens is 1120 g/mol. The number of halogens is 2. The quantitative estimate of drug-likeness (QED) is 0.164. The number of rotatable bonds is 4. The van der Waals surface area contributed by atoms with Crippen molar-refractivity contribution in [2.24, 2.45) is 0 Å². The third-order valence-corrected chi connectivity index (χ3v) is 18.6. The normalized spacial score (nSPS) is 16.2. The minimum atomic E-state index is -1.16. The molecule has 6 nitrogen and oxygen atoms in total. The molecule has 4 aliphatic heterocycles. The van der Waals surface area contributed by atoms with Crippen molar-refractivity contribution in [2.45, 2.75) is 105 Å². The Balaban J connectivity index is 1.08. The Labute approximate surface area is 543 Å². The Morgan fingerprint density at radius 1 is 0.352 bits per heavy atom. The van der Waals surface area contributed by atoms with E-state index in [9.17, 15) is 13.7 Å². The van der Waals surface area contributed by atoms with Gasteiger partial charge in [-0.2, -0.15) is 0 Å². The number of nitrogens with zero attached hydrogens (tertiary/aromatic N) is 4. The standard InChI is InChI=1S/C78H68B2Cl2N4O2/c1-75(2,3)47-21-29-53(30-22-47)83-61-39-45-38-60-62(40-46(45)37-59(61)79-69-57-17-13-15-19-67(57)87-73(69)85(65-43-51(81)41-63(83)71(65)79)55-33-25-49(26-34-55)77(7,8)9)84(54-31-23-48(24-32-54)76(4,5)6)64-42-52(82)44-66-72(64)80(60)70-58-18-14-16-20-68(58)88-74(70)86(66)56-35-27-50(28-36-56)78(10,11)12/h13-44H,1-12H3/i13D,14D,15D,16D,17D,18D,19D,20D,37D,38D,39D,40D. The Kier molecular flexibility index (Phi) is 9.31. The van der Waals surface area contributed by atoms with Crippen LogP contribution in [-0.4, -0.2) is 13.4 Å². The Morgan fingerprint density at radius 3 is 0.943 bits per heavy atom. The van der Waals surface area contributed by atoms with E-state index >= 15 is 0 Å². The van der Waals surface area contributed by atoms with Crippen LogP contribution >= 0.6 is 23.2 Å². The minimum Gasteiger partial charge on any atom is -0.440 e. The summed E-state index contributed by atoms with van der Waals surface area (Å²) in [4.78, 5) is 7.55. The maximum atomic E-state index is 11.3. The van der Waals surface area contributed by atoms with E-state index in [1.807, 2.05) is 129 Å². The fourth-order valence-electron chi connectivity index (χ4n) is 13.7. The molecule has 16 rings (SSSR count). The average molecular weight is 1200 g/mol. The zero-order chi connectivity index (χ0) is 71.3. The van der Waals surface area contributed by atoms with Gasteiger partial charge in [-0.3, -0.25) is 9.80 Å². The summed E-state index contributed by atoms with van der Waals surface area (Å²) in [7, 11) is 0. The highest BCUT2D eigenvalue weighted by Gasteiger charge is 2.49. The molecule has 0 unspecified atom stereocenters. The molecule has 0 spiro atoms.